The SMILES string of the molecule is COc1ccccc1C(C)(C)NC(=O)NCc1cnn(-c2ccc(Cl)cc2)c1. The molecule has 0 aliphatic rings. The van der Waals surface area contributed by atoms with Crippen LogP contribution >= 0.6 is 11.6 Å². The van der Waals surface area contributed by atoms with Gasteiger partial charge in [-0.1, -0.05) is 29.8 Å². The van der Waals surface area contributed by atoms with Crippen molar-refractivity contribution in [2.24, 2.45) is 0 Å². The molecule has 0 bridgehead atoms. The topological polar surface area (TPSA) is 68.2 Å². The van der Waals surface area contributed by atoms with E-state index in [1.807, 2.05) is 68.6 Å². The molecule has 0 aliphatic heterocycles. The Morgan fingerprint density at radius 1 is 1.18 bits per heavy atom. The highest BCUT2D eigenvalue weighted by Gasteiger charge is 2.26. The van der Waals surface area contributed by atoms with Crippen LogP contribution in [0.4, 0.5) is 4.79 Å². The Labute approximate surface area is 169 Å². The fourth-order valence-corrected chi connectivity index (χ4v) is 3.05. The molecule has 0 fully saturated rings. The highest BCUT2D eigenvalue weighted by molar-refractivity contribution is 6.30. The Morgan fingerprint density at radius 3 is 2.61 bits per heavy atom. The quantitative estimate of drug-likeness (QED) is 0.651. The molecule has 1 aromatic heterocycles. The van der Waals surface area contributed by atoms with Crippen LogP contribution in [0.2, 0.25) is 5.02 Å². The number of methoxy groups -OCH3 is 1. The van der Waals surface area contributed by atoms with Crippen molar-refractivity contribution in [3.8, 4) is 11.4 Å². The Balaban J connectivity index is 1.60. The molecule has 28 heavy (non-hydrogen) atoms. The van der Waals surface area contributed by atoms with Gasteiger partial charge in [0.25, 0.3) is 0 Å². The van der Waals surface area contributed by atoms with Gasteiger partial charge in [-0.05, 0) is 44.2 Å². The number of halogens is 1. The van der Waals surface area contributed by atoms with Crippen molar-refractivity contribution in [3.05, 3.63) is 77.1 Å². The van der Waals surface area contributed by atoms with Crippen LogP contribution in [0.5, 0.6) is 5.75 Å². The number of aromatic nitrogens is 2. The Bertz CT molecular complexity index is 951. The first-order valence-corrected chi connectivity index (χ1v) is 9.26. The summed E-state index contributed by atoms with van der Waals surface area (Å²) in [6.45, 7) is 4.23. The molecule has 146 valence electrons. The zero-order valence-electron chi connectivity index (χ0n) is 16.1. The summed E-state index contributed by atoms with van der Waals surface area (Å²) in [5.74, 6) is 0.733. The largest absolute Gasteiger partial charge is 0.496 e. The van der Waals surface area contributed by atoms with Crippen molar-refractivity contribution in [2.75, 3.05) is 7.11 Å². The monoisotopic (exact) mass is 398 g/mol. The van der Waals surface area contributed by atoms with E-state index >= 15 is 0 Å². The third kappa shape index (κ3) is 4.64. The number of amides is 2. The van der Waals surface area contributed by atoms with Crippen molar-refractivity contribution in [2.45, 2.75) is 25.9 Å². The van der Waals surface area contributed by atoms with Gasteiger partial charge in [0.15, 0.2) is 0 Å². The van der Waals surface area contributed by atoms with Crippen LogP contribution in [-0.2, 0) is 12.1 Å². The zero-order valence-corrected chi connectivity index (χ0v) is 16.8. The number of carbonyl (C=O) groups excluding carboxylic acids is 1. The Hall–Kier alpha value is -2.99. The lowest BCUT2D eigenvalue weighted by atomic mass is 9.93. The first-order chi connectivity index (χ1) is 13.4. The van der Waals surface area contributed by atoms with Gasteiger partial charge in [0.05, 0.1) is 24.5 Å². The lowest BCUT2D eigenvalue weighted by molar-refractivity contribution is 0.229. The standard InChI is InChI=1S/C21H23ClN4O2/c1-21(2,18-6-4-5-7-19(18)28-3)25-20(27)23-12-15-13-24-26(14-15)17-10-8-16(22)9-11-17/h4-11,13-14H,12H2,1-3H3,(H2,23,25,27). The summed E-state index contributed by atoms with van der Waals surface area (Å²) in [6, 6.07) is 14.8. The Morgan fingerprint density at radius 2 is 1.89 bits per heavy atom. The molecule has 3 aromatic rings. The van der Waals surface area contributed by atoms with Crippen molar-refractivity contribution >= 4 is 17.6 Å². The summed E-state index contributed by atoms with van der Waals surface area (Å²) in [5.41, 5.74) is 2.10. The molecule has 6 nitrogen and oxygen atoms in total. The molecule has 0 saturated carbocycles. The van der Waals surface area contributed by atoms with E-state index in [9.17, 15) is 4.79 Å². The summed E-state index contributed by atoms with van der Waals surface area (Å²) < 4.78 is 7.14. The van der Waals surface area contributed by atoms with E-state index < -0.39 is 5.54 Å². The second kappa shape index (κ2) is 8.35. The Kier molecular flexibility index (Phi) is 5.90. The van der Waals surface area contributed by atoms with Gasteiger partial charge >= 0.3 is 6.03 Å². The van der Waals surface area contributed by atoms with Gasteiger partial charge in [0.1, 0.15) is 5.75 Å². The van der Waals surface area contributed by atoms with Gasteiger partial charge < -0.3 is 15.4 Å². The molecular formula is C21H23ClN4O2. The van der Waals surface area contributed by atoms with Crippen LogP contribution < -0.4 is 15.4 Å². The number of carbonyl (C=O) groups is 1. The van der Waals surface area contributed by atoms with Crippen molar-refractivity contribution in [3.63, 3.8) is 0 Å². The molecular weight excluding hydrogens is 376 g/mol. The van der Waals surface area contributed by atoms with E-state index in [0.29, 0.717) is 11.6 Å². The maximum Gasteiger partial charge on any atom is 0.315 e. The summed E-state index contributed by atoms with van der Waals surface area (Å²) in [7, 11) is 1.62. The maximum absolute atomic E-state index is 12.4. The second-order valence-corrected chi connectivity index (χ2v) is 7.34. The van der Waals surface area contributed by atoms with Gasteiger partial charge in [-0.2, -0.15) is 5.10 Å². The van der Waals surface area contributed by atoms with E-state index in [0.717, 1.165) is 22.6 Å². The first-order valence-electron chi connectivity index (χ1n) is 8.88. The minimum Gasteiger partial charge on any atom is -0.496 e. The van der Waals surface area contributed by atoms with Crippen LogP contribution in [0.15, 0.2) is 60.9 Å². The third-order valence-electron chi connectivity index (χ3n) is 4.39. The molecule has 3 rings (SSSR count). The lowest BCUT2D eigenvalue weighted by Crippen LogP contribution is -2.46. The predicted octanol–water partition coefficient (Wildman–Crippen LogP) is 4.27. The van der Waals surface area contributed by atoms with Gasteiger partial charge in [-0.15, -0.1) is 0 Å². The van der Waals surface area contributed by atoms with Crippen LogP contribution in [-0.4, -0.2) is 22.9 Å². The van der Waals surface area contributed by atoms with Crippen molar-refractivity contribution < 1.29 is 9.53 Å². The maximum atomic E-state index is 12.4. The van der Waals surface area contributed by atoms with Gasteiger partial charge in [-0.25, -0.2) is 9.48 Å². The number of urea groups is 1. The summed E-state index contributed by atoms with van der Waals surface area (Å²) in [5, 5.41) is 10.9. The molecule has 0 saturated heterocycles. The van der Waals surface area contributed by atoms with Gasteiger partial charge in [0.2, 0.25) is 0 Å². The van der Waals surface area contributed by atoms with Crippen LogP contribution in [0.3, 0.4) is 0 Å². The van der Waals surface area contributed by atoms with Crippen molar-refractivity contribution in [1.29, 1.82) is 0 Å². The summed E-state index contributed by atoms with van der Waals surface area (Å²) >= 11 is 5.91. The molecule has 2 N–H and O–H groups in total. The number of benzene rings is 2. The average Bonchev–Trinajstić information content (AvgIpc) is 3.15. The number of nitrogens with one attached hydrogen (secondary N) is 2. The van der Waals surface area contributed by atoms with E-state index in [-0.39, 0.29) is 6.03 Å². The van der Waals surface area contributed by atoms with Gasteiger partial charge in [0, 0.05) is 28.9 Å². The highest BCUT2D eigenvalue weighted by Crippen LogP contribution is 2.29. The van der Waals surface area contributed by atoms with Crippen LogP contribution in [0, 0.1) is 0 Å². The molecule has 0 radical (unpaired) electrons. The molecule has 2 amide bonds. The smallest absolute Gasteiger partial charge is 0.315 e. The number of ether oxygens (including phenoxy) is 1. The predicted molar refractivity (Wildman–Crippen MR) is 110 cm³/mol. The van der Waals surface area contributed by atoms with Crippen LogP contribution in [0.25, 0.3) is 5.69 Å². The third-order valence-corrected chi connectivity index (χ3v) is 4.64. The molecule has 0 aliphatic carbocycles. The molecule has 2 aromatic carbocycles. The van der Waals surface area contributed by atoms with E-state index in [1.54, 1.807) is 18.0 Å². The lowest BCUT2D eigenvalue weighted by Gasteiger charge is -2.28. The molecule has 0 unspecified atom stereocenters. The fraction of sp³-hybridized carbons (Fsp3) is 0.238. The average molecular weight is 399 g/mol. The van der Waals surface area contributed by atoms with E-state index in [2.05, 4.69) is 15.7 Å². The number of nitrogens with zero attached hydrogens (tertiary/aromatic N) is 2. The minimum atomic E-state index is -0.593. The summed E-state index contributed by atoms with van der Waals surface area (Å²) in [4.78, 5) is 12.4. The second-order valence-electron chi connectivity index (χ2n) is 6.90. The minimum absolute atomic E-state index is 0.268. The number of para-hydroxylation sites is 1. The van der Waals surface area contributed by atoms with E-state index in [1.165, 1.54) is 0 Å². The zero-order chi connectivity index (χ0) is 20.1. The molecule has 0 spiro atoms. The number of hydrogen-bond donors (Lipinski definition) is 2. The summed E-state index contributed by atoms with van der Waals surface area (Å²) in [6.07, 6.45) is 3.59. The molecule has 0 atom stereocenters. The fourth-order valence-electron chi connectivity index (χ4n) is 2.93. The first kappa shape index (κ1) is 19.8. The molecule has 7 heteroatoms. The van der Waals surface area contributed by atoms with Gasteiger partial charge in [-0.3, -0.25) is 0 Å². The molecule has 1 heterocycles. The van der Waals surface area contributed by atoms with Crippen LogP contribution in [0.1, 0.15) is 25.0 Å². The number of rotatable bonds is 6. The highest BCUT2D eigenvalue weighted by atomic mass is 35.5. The van der Waals surface area contributed by atoms with E-state index in [4.69, 9.17) is 16.3 Å². The normalized spacial score (nSPS) is 11.1. The number of hydrogen-bond acceptors (Lipinski definition) is 3. The van der Waals surface area contributed by atoms with Crippen molar-refractivity contribution in [1.82, 2.24) is 20.4 Å².